The maximum absolute atomic E-state index is 15.0. The molecule has 0 radical (unpaired) electrons. The molecule has 1 aromatic carbocycles. The van der Waals surface area contributed by atoms with Crippen LogP contribution >= 0.6 is 11.8 Å². The van der Waals surface area contributed by atoms with Crippen LogP contribution in [0.4, 0.5) is 10.1 Å². The van der Waals surface area contributed by atoms with Crippen molar-refractivity contribution >= 4 is 28.5 Å². The number of benzene rings is 1. The van der Waals surface area contributed by atoms with Crippen molar-refractivity contribution in [1.82, 2.24) is 9.97 Å². The third kappa shape index (κ3) is 4.04. The molecule has 3 N–H and O–H groups in total. The zero-order valence-electron chi connectivity index (χ0n) is 18.0. The van der Waals surface area contributed by atoms with Gasteiger partial charge in [0.05, 0.1) is 31.7 Å². The predicted octanol–water partition coefficient (Wildman–Crippen LogP) is 2.33. The molecule has 2 fully saturated rings. The molecule has 174 valence electrons. The minimum Gasteiger partial charge on any atom is -0.474 e. The summed E-state index contributed by atoms with van der Waals surface area (Å²) in [5.74, 6) is 0.0789. The Kier molecular flexibility index (Phi) is 5.71. The number of rotatable bonds is 6. The number of aromatic nitrogens is 2. The molecular formula is C22H24FN5O4S. The summed E-state index contributed by atoms with van der Waals surface area (Å²) >= 11 is 1.44. The minimum absolute atomic E-state index is 0.0801. The second-order valence-corrected chi connectivity index (χ2v) is 9.63. The second kappa shape index (κ2) is 8.54. The fourth-order valence-electron chi connectivity index (χ4n) is 4.18. The topological polar surface area (TPSA) is 121 Å². The van der Waals surface area contributed by atoms with Gasteiger partial charge in [-0.1, -0.05) is 18.7 Å². The molecule has 9 nitrogen and oxygen atoms in total. The van der Waals surface area contributed by atoms with E-state index in [1.165, 1.54) is 36.3 Å². The number of hydrogen-bond acceptors (Lipinski definition) is 9. The number of nitrogens with two attached hydrogens (primary N) is 1. The Hall–Kier alpha value is -2.76. The van der Waals surface area contributed by atoms with Gasteiger partial charge >= 0.3 is 0 Å². The summed E-state index contributed by atoms with van der Waals surface area (Å²) in [5, 5.41) is 3.16. The average Bonchev–Trinajstić information content (AvgIpc) is 3.11. The molecule has 0 saturated carbocycles. The summed E-state index contributed by atoms with van der Waals surface area (Å²) < 4.78 is 31.6. The zero-order chi connectivity index (χ0) is 23.1. The number of anilines is 1. The summed E-state index contributed by atoms with van der Waals surface area (Å²) in [5.41, 5.74) is 5.51. The third-order valence-electron chi connectivity index (χ3n) is 6.31. The Labute approximate surface area is 194 Å². The van der Waals surface area contributed by atoms with Crippen LogP contribution in [0.15, 0.2) is 35.6 Å². The maximum Gasteiger partial charge on any atom is 0.275 e. The molecule has 0 aliphatic carbocycles. The van der Waals surface area contributed by atoms with Gasteiger partial charge in [-0.15, -0.1) is 0 Å². The zero-order valence-corrected chi connectivity index (χ0v) is 18.9. The van der Waals surface area contributed by atoms with E-state index in [9.17, 15) is 4.79 Å². The number of nitrogens with one attached hydrogen (secondary N) is 1. The van der Waals surface area contributed by atoms with Crippen LogP contribution in [0.1, 0.15) is 29.4 Å². The molecule has 11 heteroatoms. The quantitative estimate of drug-likeness (QED) is 0.656. The van der Waals surface area contributed by atoms with Crippen LogP contribution in [-0.2, 0) is 15.0 Å². The highest BCUT2D eigenvalue weighted by atomic mass is 32.2. The molecule has 2 saturated heterocycles. The summed E-state index contributed by atoms with van der Waals surface area (Å²) in [6.45, 7) is 3.83. The molecule has 3 aliphatic rings. The Morgan fingerprint density at radius 3 is 2.94 bits per heavy atom. The molecule has 3 atom stereocenters. The van der Waals surface area contributed by atoms with Crippen molar-refractivity contribution in [2.75, 3.05) is 37.5 Å². The normalized spacial score (nSPS) is 28.4. The van der Waals surface area contributed by atoms with Gasteiger partial charge in [-0.05, 0) is 18.2 Å². The van der Waals surface area contributed by atoms with E-state index in [1.54, 1.807) is 6.07 Å². The van der Waals surface area contributed by atoms with Crippen molar-refractivity contribution in [3.63, 3.8) is 0 Å². The number of carbonyl (C=O) groups is 1. The van der Waals surface area contributed by atoms with Crippen LogP contribution in [0.2, 0.25) is 0 Å². The Balaban J connectivity index is 1.34. The van der Waals surface area contributed by atoms with E-state index in [4.69, 9.17) is 19.9 Å². The van der Waals surface area contributed by atoms with Gasteiger partial charge in [0.1, 0.15) is 23.7 Å². The van der Waals surface area contributed by atoms with Crippen molar-refractivity contribution < 1.29 is 23.4 Å². The van der Waals surface area contributed by atoms with Gasteiger partial charge in [0.25, 0.3) is 5.91 Å². The highest BCUT2D eigenvalue weighted by molar-refractivity contribution is 8.13. The second-order valence-electron chi connectivity index (χ2n) is 8.63. The standard InChI is InChI=1S/C22H24FN5O4S/c1-21-10-30-11-22(21,28-20(24)33-12-21)15-6-13(2-3-16(15)23)27-19(29)17-7-26-18(8-25-17)32-9-14-4-5-31-14/h2-3,6-8,14H,4-5,9-12H2,1H3,(H2,24,28)(H,27,29). The van der Waals surface area contributed by atoms with E-state index in [1.807, 2.05) is 6.92 Å². The van der Waals surface area contributed by atoms with Gasteiger partial charge in [-0.25, -0.2) is 19.4 Å². The maximum atomic E-state index is 15.0. The van der Waals surface area contributed by atoms with Crippen LogP contribution in [0, 0.1) is 11.2 Å². The van der Waals surface area contributed by atoms with Gasteiger partial charge in [0.2, 0.25) is 5.88 Å². The van der Waals surface area contributed by atoms with Gasteiger partial charge in [0.15, 0.2) is 5.17 Å². The number of fused-ring (bicyclic) bond motifs is 1. The van der Waals surface area contributed by atoms with Gasteiger partial charge in [-0.3, -0.25) is 4.79 Å². The lowest BCUT2D eigenvalue weighted by atomic mass is 9.70. The van der Waals surface area contributed by atoms with Crippen molar-refractivity contribution in [3.8, 4) is 5.88 Å². The number of amidine groups is 1. The van der Waals surface area contributed by atoms with Gasteiger partial charge in [0, 0.05) is 35.4 Å². The molecule has 0 bridgehead atoms. The SMILES string of the molecule is CC12COCC1(c1cc(NC(=O)c3cnc(OCC4CCO4)cn3)ccc1F)N=C(N)SC2. The molecule has 4 heterocycles. The van der Waals surface area contributed by atoms with E-state index >= 15 is 4.39 Å². The van der Waals surface area contributed by atoms with E-state index < -0.39 is 22.7 Å². The number of aliphatic imine (C=N–C) groups is 1. The first-order chi connectivity index (χ1) is 15.9. The van der Waals surface area contributed by atoms with Crippen molar-refractivity contribution in [2.45, 2.75) is 25.0 Å². The van der Waals surface area contributed by atoms with Crippen LogP contribution in [0.25, 0.3) is 0 Å². The Morgan fingerprint density at radius 2 is 2.21 bits per heavy atom. The van der Waals surface area contributed by atoms with Gasteiger partial charge < -0.3 is 25.3 Å². The lowest BCUT2D eigenvalue weighted by molar-refractivity contribution is -0.0727. The smallest absolute Gasteiger partial charge is 0.275 e. The van der Waals surface area contributed by atoms with Crippen LogP contribution in [-0.4, -0.2) is 59.3 Å². The number of nitrogens with zero attached hydrogens (tertiary/aromatic N) is 3. The number of hydrogen-bond donors (Lipinski definition) is 2. The average molecular weight is 474 g/mol. The number of carbonyl (C=O) groups excluding carboxylic acids is 1. The molecule has 5 rings (SSSR count). The largest absolute Gasteiger partial charge is 0.474 e. The molecule has 3 unspecified atom stereocenters. The first kappa shape index (κ1) is 22.1. The van der Waals surface area contributed by atoms with Gasteiger partial charge in [-0.2, -0.15) is 0 Å². The van der Waals surface area contributed by atoms with E-state index in [0.29, 0.717) is 41.3 Å². The molecule has 1 amide bonds. The fourth-order valence-corrected chi connectivity index (χ4v) is 5.19. The first-order valence-corrected chi connectivity index (χ1v) is 11.6. The summed E-state index contributed by atoms with van der Waals surface area (Å²) in [7, 11) is 0. The molecule has 1 aromatic heterocycles. The summed E-state index contributed by atoms with van der Waals surface area (Å²) in [6.07, 6.45) is 3.76. The first-order valence-electron chi connectivity index (χ1n) is 10.6. The van der Waals surface area contributed by atoms with Crippen molar-refractivity contribution in [1.29, 1.82) is 0 Å². The Bertz CT molecular complexity index is 1100. The third-order valence-corrected chi connectivity index (χ3v) is 7.48. The summed E-state index contributed by atoms with van der Waals surface area (Å²) in [6, 6.07) is 4.40. The number of thioether (sulfide) groups is 1. The lowest BCUT2D eigenvalue weighted by Gasteiger charge is -2.42. The summed E-state index contributed by atoms with van der Waals surface area (Å²) in [4.78, 5) is 25.6. The van der Waals surface area contributed by atoms with Crippen molar-refractivity contribution in [2.24, 2.45) is 16.1 Å². The molecule has 33 heavy (non-hydrogen) atoms. The molecular weight excluding hydrogens is 449 g/mol. The highest BCUT2D eigenvalue weighted by Gasteiger charge is 2.57. The predicted molar refractivity (Wildman–Crippen MR) is 121 cm³/mol. The van der Waals surface area contributed by atoms with E-state index in [0.717, 1.165) is 13.0 Å². The molecule has 2 aromatic rings. The molecule has 3 aliphatic heterocycles. The minimum atomic E-state index is -0.948. The van der Waals surface area contributed by atoms with Crippen LogP contribution < -0.4 is 15.8 Å². The monoisotopic (exact) mass is 473 g/mol. The Morgan fingerprint density at radius 1 is 1.36 bits per heavy atom. The number of amides is 1. The highest BCUT2D eigenvalue weighted by Crippen LogP contribution is 2.53. The number of ether oxygens (including phenoxy) is 3. The fraction of sp³-hybridized carbons (Fsp3) is 0.455. The van der Waals surface area contributed by atoms with Crippen LogP contribution in [0.5, 0.6) is 5.88 Å². The van der Waals surface area contributed by atoms with Crippen molar-refractivity contribution in [3.05, 3.63) is 47.7 Å². The number of halogens is 1. The molecule has 0 spiro atoms. The van der Waals surface area contributed by atoms with E-state index in [2.05, 4.69) is 20.3 Å². The van der Waals surface area contributed by atoms with Crippen LogP contribution in [0.3, 0.4) is 0 Å². The lowest BCUT2D eigenvalue weighted by Crippen LogP contribution is -2.48. The van der Waals surface area contributed by atoms with E-state index in [-0.39, 0.29) is 18.4 Å².